The van der Waals surface area contributed by atoms with Crippen molar-refractivity contribution in [1.82, 2.24) is 0 Å². The lowest BCUT2D eigenvalue weighted by atomic mass is 10.1. The van der Waals surface area contributed by atoms with Gasteiger partial charge in [-0.25, -0.2) is 4.79 Å². The predicted molar refractivity (Wildman–Crippen MR) is 57.4 cm³/mol. The summed E-state index contributed by atoms with van der Waals surface area (Å²) < 4.78 is 4.97. The molecule has 3 nitrogen and oxygen atoms in total. The highest BCUT2D eigenvalue weighted by Crippen LogP contribution is 2.19. The van der Waals surface area contributed by atoms with Gasteiger partial charge < -0.3 is 4.42 Å². The molecule has 0 bridgehead atoms. The largest absolute Gasteiger partial charge is 0.422 e. The van der Waals surface area contributed by atoms with Crippen LogP contribution in [0.4, 0.5) is 0 Å². The van der Waals surface area contributed by atoms with E-state index < -0.39 is 10.9 Å². The Hall–Kier alpha value is -1.61. The van der Waals surface area contributed by atoms with Gasteiger partial charge in [0.05, 0.1) is 0 Å². The van der Waals surface area contributed by atoms with Gasteiger partial charge in [-0.2, -0.15) is 0 Å². The highest BCUT2D eigenvalue weighted by Gasteiger charge is 2.15. The number of carbonyl (C=O) groups is 1. The lowest BCUT2D eigenvalue weighted by Gasteiger charge is -2.02. The molecule has 1 heterocycles. The average Bonchev–Trinajstić information content (AvgIpc) is 2.17. The van der Waals surface area contributed by atoms with Gasteiger partial charge in [0.2, 0.25) is 0 Å². The average molecular weight is 223 g/mol. The van der Waals surface area contributed by atoms with Crippen molar-refractivity contribution in [2.24, 2.45) is 0 Å². The lowest BCUT2D eigenvalue weighted by molar-refractivity contribution is 0.107. The number of hydrogen-bond acceptors (Lipinski definition) is 3. The summed E-state index contributed by atoms with van der Waals surface area (Å²) in [6.45, 7) is 1.68. The maximum atomic E-state index is 11.4. The predicted octanol–water partition coefficient (Wildman–Crippen LogP) is 2.48. The Labute approximate surface area is 90.3 Å². The molecule has 0 amide bonds. The first-order valence-corrected chi connectivity index (χ1v) is 4.71. The highest BCUT2D eigenvalue weighted by atomic mass is 35.5. The molecular weight excluding hydrogens is 216 g/mol. The third-order valence-corrected chi connectivity index (χ3v) is 2.46. The number of benzene rings is 1. The molecule has 0 aliphatic rings. The quantitative estimate of drug-likeness (QED) is 0.550. The summed E-state index contributed by atoms with van der Waals surface area (Å²) in [5.74, 6) is 0. The van der Waals surface area contributed by atoms with Crippen LogP contribution >= 0.6 is 11.6 Å². The van der Waals surface area contributed by atoms with Crippen molar-refractivity contribution in [2.45, 2.75) is 6.92 Å². The Bertz CT molecular complexity index is 598. The normalized spacial score (nSPS) is 10.5. The Morgan fingerprint density at radius 3 is 2.67 bits per heavy atom. The monoisotopic (exact) mass is 222 g/mol. The van der Waals surface area contributed by atoms with Gasteiger partial charge in [-0.15, -0.1) is 0 Å². The van der Waals surface area contributed by atoms with Crippen molar-refractivity contribution in [3.8, 4) is 0 Å². The molecule has 0 saturated heterocycles. The minimum absolute atomic E-state index is 0.0876. The van der Waals surface area contributed by atoms with E-state index in [0.29, 0.717) is 11.1 Å². The molecule has 0 aliphatic heterocycles. The third-order valence-electron chi connectivity index (χ3n) is 2.27. The molecule has 0 aliphatic carbocycles. The van der Waals surface area contributed by atoms with Crippen LogP contribution in [0.1, 0.15) is 15.9 Å². The molecule has 4 heteroatoms. The van der Waals surface area contributed by atoms with Crippen LogP contribution < -0.4 is 5.63 Å². The molecule has 0 fully saturated rings. The third kappa shape index (κ3) is 1.55. The van der Waals surface area contributed by atoms with E-state index in [9.17, 15) is 9.59 Å². The van der Waals surface area contributed by atoms with Crippen LogP contribution in [0.5, 0.6) is 0 Å². The zero-order valence-corrected chi connectivity index (χ0v) is 8.67. The van der Waals surface area contributed by atoms with Gasteiger partial charge in [0.25, 0.3) is 5.24 Å². The highest BCUT2D eigenvalue weighted by molar-refractivity contribution is 6.68. The molecule has 0 N–H and O–H groups in total. The summed E-state index contributed by atoms with van der Waals surface area (Å²) in [4.78, 5) is 22.5. The van der Waals surface area contributed by atoms with Gasteiger partial charge >= 0.3 is 5.63 Å². The summed E-state index contributed by atoms with van der Waals surface area (Å²) in [5.41, 5.74) is 0.241. The van der Waals surface area contributed by atoms with Gasteiger partial charge in [-0.1, -0.05) is 18.2 Å². The van der Waals surface area contributed by atoms with E-state index in [1.165, 1.54) is 0 Å². The second kappa shape index (κ2) is 3.51. The molecule has 0 atom stereocenters. The summed E-state index contributed by atoms with van der Waals surface area (Å²) in [6, 6.07) is 7.01. The van der Waals surface area contributed by atoms with Gasteiger partial charge in [0.1, 0.15) is 11.1 Å². The van der Waals surface area contributed by atoms with E-state index in [0.717, 1.165) is 5.39 Å². The van der Waals surface area contributed by atoms with Crippen molar-refractivity contribution >= 4 is 27.8 Å². The number of aryl methyl sites for hydroxylation is 1. The maximum Gasteiger partial charge on any atom is 0.348 e. The van der Waals surface area contributed by atoms with Crippen LogP contribution in [0, 0.1) is 6.92 Å². The molecule has 0 radical (unpaired) electrons. The summed E-state index contributed by atoms with van der Waals surface area (Å²) in [5, 5.41) is -0.0619. The van der Waals surface area contributed by atoms with Crippen LogP contribution in [0.3, 0.4) is 0 Å². The van der Waals surface area contributed by atoms with E-state index in [4.69, 9.17) is 16.0 Å². The summed E-state index contributed by atoms with van der Waals surface area (Å²) in [7, 11) is 0. The van der Waals surface area contributed by atoms with Crippen LogP contribution in [0.2, 0.25) is 0 Å². The van der Waals surface area contributed by atoms with Crippen LogP contribution in [-0.2, 0) is 0 Å². The minimum Gasteiger partial charge on any atom is -0.422 e. The molecule has 76 valence electrons. The van der Waals surface area contributed by atoms with Crippen LogP contribution in [0.15, 0.2) is 33.5 Å². The summed E-state index contributed by atoms with van der Waals surface area (Å²) in [6.07, 6.45) is 0. The van der Waals surface area contributed by atoms with Crippen LogP contribution in [-0.4, -0.2) is 5.24 Å². The second-order valence-electron chi connectivity index (χ2n) is 3.16. The first-order chi connectivity index (χ1) is 7.11. The van der Waals surface area contributed by atoms with E-state index in [1.807, 2.05) is 0 Å². The van der Waals surface area contributed by atoms with Gasteiger partial charge in [-0.3, -0.25) is 4.79 Å². The fraction of sp³-hybridized carbons (Fsp3) is 0.0909. The first kappa shape index (κ1) is 9.93. The number of rotatable bonds is 1. The smallest absolute Gasteiger partial charge is 0.348 e. The van der Waals surface area contributed by atoms with Gasteiger partial charge in [-0.05, 0) is 30.2 Å². The SMILES string of the molecule is Cc1c(C(=O)Cl)c(=O)oc2ccccc12. The first-order valence-electron chi connectivity index (χ1n) is 4.33. The molecule has 15 heavy (non-hydrogen) atoms. The van der Waals surface area contributed by atoms with Crippen molar-refractivity contribution in [2.75, 3.05) is 0 Å². The Morgan fingerprint density at radius 1 is 1.33 bits per heavy atom. The molecule has 2 aromatic rings. The van der Waals surface area contributed by atoms with Gasteiger partial charge in [0.15, 0.2) is 0 Å². The van der Waals surface area contributed by atoms with Crippen molar-refractivity contribution < 1.29 is 9.21 Å². The lowest BCUT2D eigenvalue weighted by Crippen LogP contribution is -2.12. The van der Waals surface area contributed by atoms with Gasteiger partial charge in [0, 0.05) is 5.39 Å². The molecular formula is C11H7ClO3. The molecule has 0 spiro atoms. The number of hydrogen-bond donors (Lipinski definition) is 0. The Kier molecular flexibility index (Phi) is 2.32. The van der Waals surface area contributed by atoms with E-state index >= 15 is 0 Å². The Balaban J connectivity index is 2.97. The molecule has 0 saturated carbocycles. The fourth-order valence-corrected chi connectivity index (χ4v) is 1.75. The molecule has 2 rings (SSSR count). The van der Waals surface area contributed by atoms with E-state index in [1.54, 1.807) is 31.2 Å². The fourth-order valence-electron chi connectivity index (χ4n) is 1.53. The topological polar surface area (TPSA) is 47.3 Å². The zero-order chi connectivity index (χ0) is 11.0. The van der Waals surface area contributed by atoms with Crippen molar-refractivity contribution in [1.29, 1.82) is 0 Å². The minimum atomic E-state index is -0.785. The van der Waals surface area contributed by atoms with E-state index in [2.05, 4.69) is 0 Å². The number of fused-ring (bicyclic) bond motifs is 1. The molecule has 1 aromatic heterocycles. The molecule has 1 aromatic carbocycles. The number of halogens is 1. The van der Waals surface area contributed by atoms with E-state index in [-0.39, 0.29) is 5.56 Å². The zero-order valence-electron chi connectivity index (χ0n) is 7.91. The standard InChI is InChI=1S/C11H7ClO3/c1-6-7-4-2-3-5-8(7)15-11(14)9(6)10(12)13/h2-5H,1H3. The van der Waals surface area contributed by atoms with Crippen molar-refractivity contribution in [3.05, 3.63) is 45.8 Å². The van der Waals surface area contributed by atoms with Crippen molar-refractivity contribution in [3.63, 3.8) is 0 Å². The number of para-hydroxylation sites is 1. The second-order valence-corrected chi connectivity index (χ2v) is 3.50. The Morgan fingerprint density at radius 2 is 2.00 bits per heavy atom. The number of carbonyl (C=O) groups excluding carboxylic acids is 1. The van der Waals surface area contributed by atoms with Crippen LogP contribution in [0.25, 0.3) is 11.0 Å². The maximum absolute atomic E-state index is 11.4. The summed E-state index contributed by atoms with van der Waals surface area (Å²) >= 11 is 5.32. The molecule has 0 unspecified atom stereocenters.